The maximum atomic E-state index is 11.0. The molecule has 3 heteroatoms. The molecule has 0 aliphatic carbocycles. The first-order chi connectivity index (χ1) is 6.63. The van der Waals surface area contributed by atoms with E-state index in [1.807, 2.05) is 6.92 Å². The van der Waals surface area contributed by atoms with Crippen molar-refractivity contribution in [3.63, 3.8) is 0 Å². The molecule has 0 bridgehead atoms. The highest BCUT2D eigenvalue weighted by Gasteiger charge is 2.05. The third-order valence-corrected chi connectivity index (χ3v) is 1.63. The molecule has 0 fully saturated rings. The molecule has 1 N–H and O–H groups in total. The van der Waals surface area contributed by atoms with Crippen molar-refractivity contribution >= 4 is 5.97 Å². The summed E-state index contributed by atoms with van der Waals surface area (Å²) in [5.74, 6) is -0.340. The molecule has 0 heterocycles. The van der Waals surface area contributed by atoms with Gasteiger partial charge in [0.2, 0.25) is 0 Å². The Bertz CT molecular complexity index is 367. The molecule has 74 valence electrons. The first-order valence-corrected chi connectivity index (χ1v) is 4.27. The summed E-state index contributed by atoms with van der Waals surface area (Å²) in [6.45, 7) is 3.56. The van der Waals surface area contributed by atoms with Gasteiger partial charge in [0.15, 0.2) is 11.5 Å². The second-order valence-corrected chi connectivity index (χ2v) is 2.89. The van der Waals surface area contributed by atoms with Crippen LogP contribution in [-0.2, 0) is 4.79 Å². The third-order valence-electron chi connectivity index (χ3n) is 1.63. The van der Waals surface area contributed by atoms with Crippen molar-refractivity contribution < 1.29 is 14.6 Å². The van der Waals surface area contributed by atoms with E-state index in [-0.39, 0.29) is 11.5 Å². The van der Waals surface area contributed by atoms with Crippen LogP contribution < -0.4 is 4.74 Å². The second kappa shape index (κ2) is 4.46. The monoisotopic (exact) mass is 192 g/mol. The Morgan fingerprint density at radius 2 is 2.21 bits per heavy atom. The highest BCUT2D eigenvalue weighted by atomic mass is 16.5. The van der Waals surface area contributed by atoms with Crippen molar-refractivity contribution in [3.8, 4) is 11.5 Å². The van der Waals surface area contributed by atoms with Gasteiger partial charge in [-0.2, -0.15) is 0 Å². The van der Waals surface area contributed by atoms with Crippen LogP contribution in [0.15, 0.2) is 30.4 Å². The molecule has 0 amide bonds. The zero-order valence-electron chi connectivity index (χ0n) is 8.15. The lowest BCUT2D eigenvalue weighted by Crippen LogP contribution is -2.03. The Balaban J connectivity index is 2.82. The summed E-state index contributed by atoms with van der Waals surface area (Å²) in [6.07, 6.45) is 2.87. The predicted octanol–water partition coefficient (Wildman–Crippen LogP) is 2.18. The van der Waals surface area contributed by atoms with Gasteiger partial charge in [-0.25, -0.2) is 4.79 Å². The molecule has 0 saturated carbocycles. The smallest absolute Gasteiger partial charge is 0.335 e. The van der Waals surface area contributed by atoms with Crippen molar-refractivity contribution in [2.75, 3.05) is 0 Å². The summed E-state index contributed by atoms with van der Waals surface area (Å²) >= 11 is 0. The largest absolute Gasteiger partial charge is 0.504 e. The fourth-order valence-corrected chi connectivity index (χ4v) is 0.992. The van der Waals surface area contributed by atoms with E-state index in [0.717, 1.165) is 5.56 Å². The fourth-order valence-electron chi connectivity index (χ4n) is 0.992. The normalized spacial score (nSPS) is 10.4. The van der Waals surface area contributed by atoms with Gasteiger partial charge in [0.05, 0.1) is 0 Å². The number of esters is 1. The van der Waals surface area contributed by atoms with Crippen LogP contribution in [0.25, 0.3) is 0 Å². The van der Waals surface area contributed by atoms with Crippen LogP contribution in [0.2, 0.25) is 0 Å². The first kappa shape index (κ1) is 10.3. The number of rotatable bonds is 2. The van der Waals surface area contributed by atoms with E-state index in [9.17, 15) is 9.90 Å². The summed E-state index contributed by atoms with van der Waals surface area (Å²) in [4.78, 5) is 11.0. The van der Waals surface area contributed by atoms with Gasteiger partial charge in [0, 0.05) is 6.08 Å². The molecule has 0 aromatic heterocycles. The van der Waals surface area contributed by atoms with Crippen LogP contribution in [0.5, 0.6) is 11.5 Å². The number of phenolic OH excluding ortho intramolecular Hbond substituents is 1. The minimum Gasteiger partial charge on any atom is -0.504 e. The number of benzene rings is 1. The highest BCUT2D eigenvalue weighted by molar-refractivity contribution is 5.84. The van der Waals surface area contributed by atoms with E-state index in [1.54, 1.807) is 25.1 Å². The lowest BCUT2D eigenvalue weighted by Gasteiger charge is -2.04. The summed E-state index contributed by atoms with van der Waals surface area (Å²) in [6, 6.07) is 4.86. The number of aromatic hydroxyl groups is 1. The average molecular weight is 192 g/mol. The van der Waals surface area contributed by atoms with Gasteiger partial charge >= 0.3 is 5.97 Å². The maximum Gasteiger partial charge on any atom is 0.335 e. The molecule has 14 heavy (non-hydrogen) atoms. The maximum absolute atomic E-state index is 11.0. The van der Waals surface area contributed by atoms with Gasteiger partial charge in [-0.05, 0) is 31.5 Å². The van der Waals surface area contributed by atoms with Crippen LogP contribution in [-0.4, -0.2) is 11.1 Å². The van der Waals surface area contributed by atoms with Gasteiger partial charge in [0.1, 0.15) is 0 Å². The van der Waals surface area contributed by atoms with Crippen molar-refractivity contribution in [1.29, 1.82) is 0 Å². The Kier molecular flexibility index (Phi) is 3.29. The van der Waals surface area contributed by atoms with Crippen LogP contribution in [0.1, 0.15) is 12.5 Å². The number of ether oxygens (including phenoxy) is 1. The molecule has 3 nitrogen and oxygen atoms in total. The Morgan fingerprint density at radius 1 is 1.50 bits per heavy atom. The molecule has 0 aliphatic heterocycles. The number of carbonyl (C=O) groups is 1. The Morgan fingerprint density at radius 3 is 2.79 bits per heavy atom. The molecule has 0 saturated heterocycles. The zero-order valence-corrected chi connectivity index (χ0v) is 8.15. The molecule has 0 atom stereocenters. The standard InChI is InChI=1S/C11H12O3/c1-3-4-11(13)14-10-6-5-8(2)7-9(10)12/h3-7,12H,1-2H3/b4-3+. The molecular weight excluding hydrogens is 180 g/mol. The Hall–Kier alpha value is -1.77. The molecule has 0 spiro atoms. The summed E-state index contributed by atoms with van der Waals surface area (Å²) in [7, 11) is 0. The minimum atomic E-state index is -0.494. The molecule has 1 rings (SSSR count). The van der Waals surface area contributed by atoms with E-state index in [1.165, 1.54) is 12.1 Å². The third kappa shape index (κ3) is 2.62. The lowest BCUT2D eigenvalue weighted by atomic mass is 10.2. The van der Waals surface area contributed by atoms with E-state index in [0.29, 0.717) is 0 Å². The second-order valence-electron chi connectivity index (χ2n) is 2.89. The number of hydrogen-bond acceptors (Lipinski definition) is 3. The van der Waals surface area contributed by atoms with Crippen molar-refractivity contribution in [3.05, 3.63) is 35.9 Å². The number of carbonyl (C=O) groups excluding carboxylic acids is 1. The van der Waals surface area contributed by atoms with Gasteiger partial charge in [-0.3, -0.25) is 0 Å². The van der Waals surface area contributed by atoms with Crippen LogP contribution in [0.4, 0.5) is 0 Å². The Labute approximate surface area is 82.6 Å². The fraction of sp³-hybridized carbons (Fsp3) is 0.182. The van der Waals surface area contributed by atoms with Crippen LogP contribution in [0.3, 0.4) is 0 Å². The molecule has 0 radical (unpaired) electrons. The number of hydrogen-bond donors (Lipinski definition) is 1. The van der Waals surface area contributed by atoms with E-state index in [4.69, 9.17) is 4.74 Å². The molecule has 1 aromatic carbocycles. The highest BCUT2D eigenvalue weighted by Crippen LogP contribution is 2.26. The van der Waals surface area contributed by atoms with Crippen LogP contribution >= 0.6 is 0 Å². The number of allylic oxidation sites excluding steroid dienone is 1. The van der Waals surface area contributed by atoms with Gasteiger partial charge in [0.25, 0.3) is 0 Å². The van der Waals surface area contributed by atoms with E-state index >= 15 is 0 Å². The summed E-state index contributed by atoms with van der Waals surface area (Å²) in [5, 5.41) is 9.41. The number of aryl methyl sites for hydroxylation is 1. The van der Waals surface area contributed by atoms with Crippen molar-refractivity contribution in [2.24, 2.45) is 0 Å². The molecular formula is C11H12O3. The van der Waals surface area contributed by atoms with Gasteiger partial charge in [-0.15, -0.1) is 0 Å². The summed E-state index contributed by atoms with van der Waals surface area (Å²) < 4.78 is 4.86. The average Bonchev–Trinajstić information content (AvgIpc) is 2.10. The molecule has 1 aromatic rings. The van der Waals surface area contributed by atoms with Gasteiger partial charge in [-0.1, -0.05) is 12.1 Å². The topological polar surface area (TPSA) is 46.5 Å². The minimum absolute atomic E-state index is 0.0251. The summed E-state index contributed by atoms with van der Waals surface area (Å²) in [5.41, 5.74) is 0.910. The van der Waals surface area contributed by atoms with Crippen molar-refractivity contribution in [2.45, 2.75) is 13.8 Å². The van der Waals surface area contributed by atoms with E-state index in [2.05, 4.69) is 0 Å². The van der Waals surface area contributed by atoms with Gasteiger partial charge < -0.3 is 9.84 Å². The van der Waals surface area contributed by atoms with E-state index < -0.39 is 5.97 Å². The predicted molar refractivity (Wildman–Crippen MR) is 53.3 cm³/mol. The SMILES string of the molecule is C/C=C/C(=O)Oc1ccc(C)cc1O. The lowest BCUT2D eigenvalue weighted by molar-refractivity contribution is -0.129. The zero-order chi connectivity index (χ0) is 10.6. The van der Waals surface area contributed by atoms with Crippen molar-refractivity contribution in [1.82, 2.24) is 0 Å². The quantitative estimate of drug-likeness (QED) is 0.444. The molecule has 0 unspecified atom stereocenters. The van der Waals surface area contributed by atoms with Crippen LogP contribution in [0, 0.1) is 6.92 Å². The first-order valence-electron chi connectivity index (χ1n) is 4.27. The molecule has 0 aliphatic rings. The number of phenols is 1.